The van der Waals surface area contributed by atoms with E-state index >= 15 is 0 Å². The van der Waals surface area contributed by atoms with Crippen LogP contribution in [0.25, 0.3) is 11.1 Å². The van der Waals surface area contributed by atoms with E-state index < -0.39 is 23.0 Å². The van der Waals surface area contributed by atoms with Gasteiger partial charge in [-0.1, -0.05) is 46.4 Å². The van der Waals surface area contributed by atoms with E-state index in [9.17, 15) is 13.2 Å². The van der Waals surface area contributed by atoms with Gasteiger partial charge < -0.3 is 5.11 Å². The van der Waals surface area contributed by atoms with Gasteiger partial charge in [0.1, 0.15) is 0 Å². The van der Waals surface area contributed by atoms with E-state index in [2.05, 4.69) is 0 Å². The highest BCUT2D eigenvalue weighted by Gasteiger charge is 2.21. The Hall–Kier alpha value is -2.47. The normalized spacial score (nSPS) is 10.0. The lowest BCUT2D eigenvalue weighted by atomic mass is 10.0. The van der Waals surface area contributed by atoms with Crippen LogP contribution in [0.5, 0.6) is 0 Å². The van der Waals surface area contributed by atoms with Gasteiger partial charge in [-0.3, -0.25) is 0 Å². The van der Waals surface area contributed by atoms with Crippen molar-refractivity contribution in [3.8, 4) is 11.1 Å². The maximum atomic E-state index is 11.3. The first-order valence-corrected chi connectivity index (χ1v) is 6.86. The fourth-order valence-corrected chi connectivity index (χ4v) is 2.43. The van der Waals surface area contributed by atoms with Crippen molar-refractivity contribution in [1.29, 1.82) is 0 Å². The largest absolute Gasteiger partial charge is 0.477 e. The van der Waals surface area contributed by atoms with Gasteiger partial charge in [0.15, 0.2) is 0 Å². The van der Waals surface area contributed by atoms with Gasteiger partial charge in [0.2, 0.25) is 5.69 Å². The molecule has 0 radical (unpaired) electrons. The Kier molecular flexibility index (Phi) is 4.27. The number of para-hydroxylation sites is 1. The monoisotopic (exact) mass is 290 g/mol. The van der Waals surface area contributed by atoms with E-state index in [4.69, 9.17) is 5.11 Å². The molecule has 102 valence electrons. The van der Waals surface area contributed by atoms with E-state index in [1.54, 1.807) is 24.3 Å². The van der Waals surface area contributed by atoms with Gasteiger partial charge in [-0.05, 0) is 11.6 Å². The Morgan fingerprint density at radius 1 is 1.00 bits per heavy atom. The number of carbonyl (C=O) groups is 1. The van der Waals surface area contributed by atoms with E-state index in [-0.39, 0.29) is 0 Å². The lowest BCUT2D eigenvalue weighted by molar-refractivity contribution is -0.404. The number of hydrogen-bond donors (Lipinski definition) is 1. The first-order valence-electron chi connectivity index (χ1n) is 5.83. The second-order valence-corrected chi connectivity index (χ2v) is 4.91. The van der Waals surface area contributed by atoms with Crippen molar-refractivity contribution >= 4 is 22.2 Å². The molecule has 0 aliphatic heterocycles. The van der Waals surface area contributed by atoms with Crippen molar-refractivity contribution < 1.29 is 22.3 Å². The van der Waals surface area contributed by atoms with Crippen LogP contribution in [0.3, 0.4) is 0 Å². The summed E-state index contributed by atoms with van der Waals surface area (Å²) in [4.78, 5) is 10.8. The molecule has 0 saturated heterocycles. The minimum Gasteiger partial charge on any atom is -0.477 e. The van der Waals surface area contributed by atoms with Crippen LogP contribution in [0, 0.1) is 0 Å². The van der Waals surface area contributed by atoms with Crippen molar-refractivity contribution in [2.75, 3.05) is 6.54 Å². The Bertz CT molecular complexity index is 759. The standard InChI is InChI=1S/C14H11NO4S/c16-14(17)10-15(20(18)19)13-9-5-4-8-12(13)11-6-2-1-3-7-11/h1-9H,10H2/p+1. The number of rotatable bonds is 4. The molecular weight excluding hydrogens is 278 g/mol. The highest BCUT2D eigenvalue weighted by atomic mass is 32.2. The third kappa shape index (κ3) is 3.10. The zero-order valence-electron chi connectivity index (χ0n) is 10.4. The van der Waals surface area contributed by atoms with Crippen molar-refractivity contribution in [2.24, 2.45) is 0 Å². The quantitative estimate of drug-likeness (QED) is 0.875. The van der Waals surface area contributed by atoms with Crippen LogP contribution in [0.1, 0.15) is 0 Å². The molecule has 2 rings (SSSR count). The molecule has 0 aliphatic carbocycles. The molecule has 0 saturated carbocycles. The van der Waals surface area contributed by atoms with Crippen LogP contribution in [0.2, 0.25) is 0 Å². The Labute approximate surface area is 117 Å². The molecule has 5 nitrogen and oxygen atoms in total. The first-order chi connectivity index (χ1) is 9.59. The molecule has 6 heteroatoms. The summed E-state index contributed by atoms with van der Waals surface area (Å²) in [6.45, 7) is -0.611. The molecule has 0 aromatic heterocycles. The van der Waals surface area contributed by atoms with Gasteiger partial charge in [0, 0.05) is 6.07 Å². The molecule has 0 amide bonds. The van der Waals surface area contributed by atoms with Crippen molar-refractivity contribution in [2.45, 2.75) is 0 Å². The number of aliphatic carboxylic acids is 1. The van der Waals surface area contributed by atoms with Crippen LogP contribution in [0.15, 0.2) is 54.6 Å². The maximum Gasteiger partial charge on any atom is 0.465 e. The molecule has 0 bridgehead atoms. The summed E-state index contributed by atoms with van der Waals surface area (Å²) in [5.41, 5.74) is 1.83. The molecule has 0 spiro atoms. The van der Waals surface area contributed by atoms with Gasteiger partial charge in [0.25, 0.3) is 6.54 Å². The van der Waals surface area contributed by atoms with Crippen LogP contribution in [0.4, 0.5) is 5.69 Å². The molecule has 0 unspecified atom stereocenters. The minimum absolute atomic E-state index is 0.342. The van der Waals surface area contributed by atoms with Crippen LogP contribution >= 0.6 is 0 Å². The Morgan fingerprint density at radius 3 is 2.20 bits per heavy atom. The zero-order valence-corrected chi connectivity index (χ0v) is 11.2. The number of carboxylic acid groups (broad SMARTS) is 1. The van der Waals surface area contributed by atoms with Crippen molar-refractivity contribution in [1.82, 2.24) is 0 Å². The van der Waals surface area contributed by atoms with Gasteiger partial charge in [-0.15, -0.1) is 8.42 Å². The third-order valence-electron chi connectivity index (χ3n) is 2.72. The van der Waals surface area contributed by atoms with E-state index in [0.717, 1.165) is 9.51 Å². The van der Waals surface area contributed by atoms with E-state index in [0.29, 0.717) is 11.3 Å². The SMILES string of the molecule is O=C(O)C[N+](c1ccccc1-c1ccccc1)=S(=O)=O. The fraction of sp³-hybridized carbons (Fsp3) is 0.0714. The van der Waals surface area contributed by atoms with E-state index in [1.807, 2.05) is 30.3 Å². The average molecular weight is 290 g/mol. The molecule has 0 aliphatic rings. The van der Waals surface area contributed by atoms with Gasteiger partial charge in [-0.2, -0.15) is 0 Å². The Morgan fingerprint density at radius 2 is 1.60 bits per heavy atom. The summed E-state index contributed by atoms with van der Waals surface area (Å²) in [5, 5.41) is 8.84. The molecule has 2 aromatic rings. The summed E-state index contributed by atoms with van der Waals surface area (Å²) in [6, 6.07) is 16.0. The van der Waals surface area contributed by atoms with Crippen LogP contribution in [-0.2, 0) is 15.3 Å². The maximum absolute atomic E-state index is 11.3. The molecule has 0 atom stereocenters. The number of hydrogen-bond acceptors (Lipinski definition) is 3. The number of carboxylic acids is 1. The van der Waals surface area contributed by atoms with Gasteiger partial charge in [0.05, 0.1) is 5.56 Å². The first kappa shape index (κ1) is 14.0. The van der Waals surface area contributed by atoms with Gasteiger partial charge in [-0.25, -0.2) is 4.79 Å². The molecule has 1 N–H and O–H groups in total. The summed E-state index contributed by atoms with van der Waals surface area (Å²) in [5.74, 6) is -1.21. The summed E-state index contributed by atoms with van der Waals surface area (Å²) in [6.07, 6.45) is 0. The van der Waals surface area contributed by atoms with Crippen molar-refractivity contribution in [3.63, 3.8) is 0 Å². The van der Waals surface area contributed by atoms with Gasteiger partial charge >= 0.3 is 16.5 Å². The molecule has 0 fully saturated rings. The predicted octanol–water partition coefficient (Wildman–Crippen LogP) is 2.14. The third-order valence-corrected chi connectivity index (χ3v) is 3.40. The number of nitrogens with zero attached hydrogens (tertiary/aromatic N) is 1. The smallest absolute Gasteiger partial charge is 0.465 e. The van der Waals surface area contributed by atoms with Crippen LogP contribution < -0.4 is 0 Å². The minimum atomic E-state index is -2.66. The lowest BCUT2D eigenvalue weighted by Crippen LogP contribution is -2.16. The topological polar surface area (TPSA) is 74.4 Å². The fourth-order valence-electron chi connectivity index (χ4n) is 1.89. The average Bonchev–Trinajstić information content (AvgIpc) is 2.45. The van der Waals surface area contributed by atoms with Crippen molar-refractivity contribution in [3.05, 3.63) is 54.6 Å². The molecular formula is C14H12NO4S+. The second kappa shape index (κ2) is 6.12. The Balaban J connectivity index is 2.64. The molecule has 20 heavy (non-hydrogen) atoms. The summed E-state index contributed by atoms with van der Waals surface area (Å²) >= 11 is 0. The lowest BCUT2D eigenvalue weighted by Gasteiger charge is -2.04. The number of benzene rings is 2. The summed E-state index contributed by atoms with van der Waals surface area (Å²) < 4.78 is 23.4. The zero-order chi connectivity index (χ0) is 14.5. The van der Waals surface area contributed by atoms with Crippen LogP contribution in [-0.4, -0.2) is 30.0 Å². The predicted molar refractivity (Wildman–Crippen MR) is 73.2 cm³/mol. The van der Waals surface area contributed by atoms with E-state index in [1.165, 1.54) is 0 Å². The molecule has 0 heterocycles. The highest BCUT2D eigenvalue weighted by molar-refractivity contribution is 7.59. The summed E-state index contributed by atoms with van der Waals surface area (Å²) in [7, 11) is -2.66. The highest BCUT2D eigenvalue weighted by Crippen LogP contribution is 2.29. The second-order valence-electron chi connectivity index (χ2n) is 4.03. The molecule has 2 aromatic carbocycles.